The summed E-state index contributed by atoms with van der Waals surface area (Å²) in [4.78, 5) is 24.4. The van der Waals surface area contributed by atoms with E-state index >= 15 is 0 Å². The van der Waals surface area contributed by atoms with E-state index < -0.39 is 0 Å². The van der Waals surface area contributed by atoms with Crippen molar-refractivity contribution < 1.29 is 9.59 Å². The van der Waals surface area contributed by atoms with E-state index in [2.05, 4.69) is 5.32 Å². The van der Waals surface area contributed by atoms with Gasteiger partial charge >= 0.3 is 6.03 Å². The smallest absolute Gasteiger partial charge is 0.328 e. The van der Waals surface area contributed by atoms with Gasteiger partial charge in [-0.3, -0.25) is 4.79 Å². The molecule has 78 valence electrons. The fraction of sp³-hybridized carbons (Fsp3) is 0.273. The van der Waals surface area contributed by atoms with Crippen LogP contribution in [0.25, 0.3) is 0 Å². The highest BCUT2D eigenvalue weighted by molar-refractivity contribution is 6.18. The van der Waals surface area contributed by atoms with E-state index in [4.69, 9.17) is 0 Å². The number of amides is 3. The summed E-state index contributed by atoms with van der Waals surface area (Å²) in [5.74, 6) is -0.165. The number of nitrogens with one attached hydrogen (secondary N) is 1. The van der Waals surface area contributed by atoms with Crippen LogP contribution in [0.2, 0.25) is 0 Å². The molecule has 0 saturated heterocycles. The Morgan fingerprint density at radius 2 is 2.20 bits per heavy atom. The molecule has 0 aliphatic carbocycles. The molecule has 1 N–H and O–H groups in total. The first-order chi connectivity index (χ1) is 7.24. The zero-order valence-corrected chi connectivity index (χ0v) is 8.49. The van der Waals surface area contributed by atoms with Gasteiger partial charge in [0.05, 0.1) is 12.1 Å². The Morgan fingerprint density at radius 1 is 1.47 bits per heavy atom. The number of anilines is 1. The van der Waals surface area contributed by atoms with Crippen molar-refractivity contribution in [2.45, 2.75) is 13.3 Å². The summed E-state index contributed by atoms with van der Waals surface area (Å²) in [6.07, 6.45) is 0.313. The van der Waals surface area contributed by atoms with E-state index in [-0.39, 0.29) is 11.9 Å². The molecule has 0 atom stereocenters. The summed E-state index contributed by atoms with van der Waals surface area (Å²) < 4.78 is 0. The molecule has 0 saturated carbocycles. The van der Waals surface area contributed by atoms with Crippen molar-refractivity contribution in [3.63, 3.8) is 0 Å². The molecule has 0 aromatic heterocycles. The summed E-state index contributed by atoms with van der Waals surface area (Å²) in [7, 11) is 0. The molecule has 1 heterocycles. The van der Waals surface area contributed by atoms with Gasteiger partial charge in [0, 0.05) is 6.54 Å². The third kappa shape index (κ3) is 1.58. The van der Waals surface area contributed by atoms with Crippen molar-refractivity contribution in [3.05, 3.63) is 29.8 Å². The number of carbonyl (C=O) groups excluding carboxylic acids is 2. The van der Waals surface area contributed by atoms with Crippen LogP contribution in [0.4, 0.5) is 10.5 Å². The molecule has 0 spiro atoms. The van der Waals surface area contributed by atoms with E-state index in [1.54, 1.807) is 6.07 Å². The van der Waals surface area contributed by atoms with Gasteiger partial charge in [-0.1, -0.05) is 18.2 Å². The number of para-hydroxylation sites is 1. The quantitative estimate of drug-likeness (QED) is 0.749. The molecule has 0 unspecified atom stereocenters. The van der Waals surface area contributed by atoms with Gasteiger partial charge in [0.1, 0.15) is 0 Å². The van der Waals surface area contributed by atoms with Crippen molar-refractivity contribution in [2.24, 2.45) is 0 Å². The van der Waals surface area contributed by atoms with Crippen molar-refractivity contribution >= 4 is 17.6 Å². The second-order valence-electron chi connectivity index (χ2n) is 3.37. The average molecular weight is 204 g/mol. The molecule has 0 radical (unpaired) electrons. The molecular weight excluding hydrogens is 192 g/mol. The zero-order valence-electron chi connectivity index (χ0n) is 8.49. The second-order valence-corrected chi connectivity index (χ2v) is 3.37. The fourth-order valence-electron chi connectivity index (χ4n) is 1.71. The van der Waals surface area contributed by atoms with Gasteiger partial charge in [0.15, 0.2) is 0 Å². The normalized spacial score (nSPS) is 13.9. The number of urea groups is 1. The number of carbonyl (C=O) groups is 2. The number of hydrogen-bond acceptors (Lipinski definition) is 2. The maximum absolute atomic E-state index is 11.6. The van der Waals surface area contributed by atoms with Crippen LogP contribution >= 0.6 is 0 Å². The van der Waals surface area contributed by atoms with Crippen LogP contribution in [0.5, 0.6) is 0 Å². The van der Waals surface area contributed by atoms with Gasteiger partial charge in [0.25, 0.3) is 0 Å². The Bertz CT molecular complexity index is 415. The minimum atomic E-state index is -0.340. The number of benzene rings is 1. The highest BCUT2D eigenvalue weighted by atomic mass is 16.2. The molecule has 1 aromatic rings. The lowest BCUT2D eigenvalue weighted by Gasteiger charge is -2.15. The van der Waals surface area contributed by atoms with Gasteiger partial charge in [0.2, 0.25) is 5.91 Å². The molecule has 15 heavy (non-hydrogen) atoms. The molecule has 0 bridgehead atoms. The summed E-state index contributed by atoms with van der Waals surface area (Å²) in [6, 6.07) is 7.01. The van der Waals surface area contributed by atoms with E-state index in [0.717, 1.165) is 5.56 Å². The molecule has 4 nitrogen and oxygen atoms in total. The van der Waals surface area contributed by atoms with Crippen LogP contribution < -0.4 is 10.2 Å². The van der Waals surface area contributed by atoms with Crippen molar-refractivity contribution in [1.29, 1.82) is 0 Å². The van der Waals surface area contributed by atoms with Crippen LogP contribution in [0.3, 0.4) is 0 Å². The Balaban J connectivity index is 2.33. The number of fused-ring (bicyclic) bond motifs is 1. The first-order valence-corrected chi connectivity index (χ1v) is 4.92. The number of rotatable bonds is 1. The van der Waals surface area contributed by atoms with E-state index in [0.29, 0.717) is 18.7 Å². The van der Waals surface area contributed by atoms with Crippen molar-refractivity contribution in [3.8, 4) is 0 Å². The molecule has 4 heteroatoms. The minimum absolute atomic E-state index is 0.165. The third-order valence-electron chi connectivity index (χ3n) is 2.35. The van der Waals surface area contributed by atoms with Crippen LogP contribution in [-0.2, 0) is 11.2 Å². The highest BCUT2D eigenvalue weighted by Gasteiger charge is 2.31. The van der Waals surface area contributed by atoms with Crippen molar-refractivity contribution in [1.82, 2.24) is 5.32 Å². The first kappa shape index (κ1) is 9.71. The van der Waals surface area contributed by atoms with Gasteiger partial charge in [-0.2, -0.15) is 0 Å². The number of hydrogen-bond donors (Lipinski definition) is 1. The van der Waals surface area contributed by atoms with Gasteiger partial charge in [-0.05, 0) is 18.6 Å². The van der Waals surface area contributed by atoms with Gasteiger partial charge in [-0.25, -0.2) is 9.69 Å². The summed E-state index contributed by atoms with van der Waals surface area (Å²) in [5.41, 5.74) is 1.61. The maximum Gasteiger partial charge on any atom is 0.328 e. The SMILES string of the molecule is CCNC(=O)N1C(=O)Cc2ccccc21. The van der Waals surface area contributed by atoms with Crippen molar-refractivity contribution in [2.75, 3.05) is 11.4 Å². The fourth-order valence-corrected chi connectivity index (χ4v) is 1.71. The van der Waals surface area contributed by atoms with Gasteiger partial charge in [-0.15, -0.1) is 0 Å². The monoisotopic (exact) mass is 204 g/mol. The van der Waals surface area contributed by atoms with Crippen LogP contribution in [0.1, 0.15) is 12.5 Å². The Morgan fingerprint density at radius 3 is 2.93 bits per heavy atom. The second kappa shape index (κ2) is 3.73. The molecule has 1 aromatic carbocycles. The van der Waals surface area contributed by atoms with Crippen LogP contribution in [0, 0.1) is 0 Å². The molecule has 1 aliphatic rings. The Kier molecular flexibility index (Phi) is 2.41. The molecule has 0 fully saturated rings. The average Bonchev–Trinajstić information content (AvgIpc) is 2.54. The maximum atomic E-state index is 11.6. The molecule has 3 amide bonds. The largest absolute Gasteiger partial charge is 0.338 e. The Hall–Kier alpha value is -1.84. The topological polar surface area (TPSA) is 49.4 Å². The highest BCUT2D eigenvalue weighted by Crippen LogP contribution is 2.28. The lowest BCUT2D eigenvalue weighted by atomic mass is 10.2. The van der Waals surface area contributed by atoms with Crippen LogP contribution in [-0.4, -0.2) is 18.5 Å². The molecule has 1 aliphatic heterocycles. The van der Waals surface area contributed by atoms with E-state index in [1.807, 2.05) is 25.1 Å². The predicted molar refractivity (Wildman–Crippen MR) is 56.7 cm³/mol. The number of imide groups is 1. The van der Waals surface area contributed by atoms with E-state index in [1.165, 1.54) is 4.90 Å². The lowest BCUT2D eigenvalue weighted by molar-refractivity contribution is -0.116. The summed E-state index contributed by atoms with van der Waals surface area (Å²) in [5, 5.41) is 2.62. The lowest BCUT2D eigenvalue weighted by Crippen LogP contribution is -2.41. The van der Waals surface area contributed by atoms with E-state index in [9.17, 15) is 9.59 Å². The zero-order chi connectivity index (χ0) is 10.8. The van der Waals surface area contributed by atoms with Gasteiger partial charge < -0.3 is 5.32 Å². The minimum Gasteiger partial charge on any atom is -0.338 e. The number of nitrogens with zero attached hydrogens (tertiary/aromatic N) is 1. The summed E-state index contributed by atoms with van der Waals surface area (Å²) in [6.45, 7) is 2.34. The molecular formula is C11H12N2O2. The summed E-state index contributed by atoms with van der Waals surface area (Å²) >= 11 is 0. The standard InChI is InChI=1S/C11H12N2O2/c1-2-12-11(15)13-9-6-4-3-5-8(9)7-10(13)14/h3-6H,2,7H2,1H3,(H,12,15). The molecule has 2 rings (SSSR count). The van der Waals surface area contributed by atoms with Crippen LogP contribution in [0.15, 0.2) is 24.3 Å². The Labute approximate surface area is 87.9 Å². The predicted octanol–water partition coefficient (Wildman–Crippen LogP) is 1.31. The first-order valence-electron chi connectivity index (χ1n) is 4.92. The third-order valence-corrected chi connectivity index (χ3v) is 2.35.